The van der Waals surface area contributed by atoms with Gasteiger partial charge in [0.25, 0.3) is 5.91 Å². The Hall–Kier alpha value is -3.26. The third kappa shape index (κ3) is 8.10. The number of hydrogen-bond donors (Lipinski definition) is 2. The van der Waals surface area contributed by atoms with E-state index in [0.29, 0.717) is 0 Å². The van der Waals surface area contributed by atoms with Crippen LogP contribution in [0.1, 0.15) is 17.5 Å². The second-order valence-corrected chi connectivity index (χ2v) is 6.28. The van der Waals surface area contributed by atoms with Crippen LogP contribution in [-0.4, -0.2) is 36.6 Å². The van der Waals surface area contributed by atoms with Crippen LogP contribution in [-0.2, 0) is 37.1 Å². The van der Waals surface area contributed by atoms with E-state index in [1.807, 2.05) is 12.1 Å². The van der Waals surface area contributed by atoms with Gasteiger partial charge < -0.3 is 20.5 Å². The van der Waals surface area contributed by atoms with Crippen LogP contribution in [0.15, 0.2) is 60.7 Å². The van der Waals surface area contributed by atoms with Crippen LogP contribution >= 0.6 is 0 Å². The summed E-state index contributed by atoms with van der Waals surface area (Å²) in [4.78, 5) is 35.2. The maximum atomic E-state index is 14.1. The molecule has 29 heavy (non-hydrogen) atoms. The normalized spacial score (nSPS) is 12.5. The molecule has 8 heteroatoms. The molecular weight excluding hydrogens is 379 g/mol. The molecule has 7 nitrogen and oxygen atoms in total. The van der Waals surface area contributed by atoms with E-state index >= 15 is 0 Å². The van der Waals surface area contributed by atoms with E-state index in [9.17, 15) is 18.8 Å². The van der Waals surface area contributed by atoms with Crippen molar-refractivity contribution >= 4 is 17.8 Å². The molecule has 2 unspecified atom stereocenters. The van der Waals surface area contributed by atoms with Crippen LogP contribution in [0.25, 0.3) is 0 Å². The summed E-state index contributed by atoms with van der Waals surface area (Å²) in [5.74, 6) is -2.53. The maximum Gasteiger partial charge on any atom is 0.325 e. The molecule has 0 aliphatic rings. The lowest BCUT2D eigenvalue weighted by Crippen LogP contribution is -2.46. The molecule has 2 atom stereocenters. The number of amides is 1. The van der Waals surface area contributed by atoms with Gasteiger partial charge >= 0.3 is 11.9 Å². The summed E-state index contributed by atoms with van der Waals surface area (Å²) in [7, 11) is 0. The topological polar surface area (TPSA) is 108 Å². The molecule has 154 valence electrons. The van der Waals surface area contributed by atoms with Crippen molar-refractivity contribution in [2.75, 3.05) is 6.54 Å². The number of nitrogens with two attached hydrogens (primary N) is 1. The monoisotopic (exact) mass is 402 g/mol. The van der Waals surface area contributed by atoms with E-state index in [1.165, 1.54) is 0 Å². The average Bonchev–Trinajstić information content (AvgIpc) is 2.75. The first-order valence-corrected chi connectivity index (χ1v) is 9.02. The van der Waals surface area contributed by atoms with E-state index < -0.39 is 43.0 Å². The first-order chi connectivity index (χ1) is 14.0. The lowest BCUT2D eigenvalue weighted by molar-refractivity contribution is -0.147. The van der Waals surface area contributed by atoms with Gasteiger partial charge in [-0.1, -0.05) is 60.7 Å². The number of halogens is 1. The summed E-state index contributed by atoms with van der Waals surface area (Å²) in [5.41, 5.74) is 7.14. The van der Waals surface area contributed by atoms with E-state index in [1.54, 1.807) is 48.5 Å². The van der Waals surface area contributed by atoms with Crippen molar-refractivity contribution in [2.24, 2.45) is 5.73 Å². The highest BCUT2D eigenvalue weighted by Crippen LogP contribution is 2.06. The zero-order chi connectivity index (χ0) is 21.1. The Kier molecular flexibility index (Phi) is 8.78. The summed E-state index contributed by atoms with van der Waals surface area (Å²) >= 11 is 0. The van der Waals surface area contributed by atoms with Crippen molar-refractivity contribution in [3.63, 3.8) is 0 Å². The number of ether oxygens (including phenoxy) is 2. The zero-order valence-corrected chi connectivity index (χ0v) is 15.8. The average molecular weight is 402 g/mol. The summed E-state index contributed by atoms with van der Waals surface area (Å²) in [6, 6.07) is 16.5. The molecule has 0 heterocycles. The molecule has 0 spiro atoms. The van der Waals surface area contributed by atoms with Crippen LogP contribution in [0.4, 0.5) is 4.39 Å². The van der Waals surface area contributed by atoms with Gasteiger partial charge in [0.1, 0.15) is 19.8 Å². The van der Waals surface area contributed by atoms with E-state index in [2.05, 4.69) is 5.32 Å². The van der Waals surface area contributed by atoms with Gasteiger partial charge in [0, 0.05) is 0 Å². The van der Waals surface area contributed by atoms with Gasteiger partial charge in [0.05, 0.1) is 12.5 Å². The molecular formula is C21H23FN2O5. The second-order valence-electron chi connectivity index (χ2n) is 6.28. The van der Waals surface area contributed by atoms with Crippen molar-refractivity contribution in [1.82, 2.24) is 5.32 Å². The van der Waals surface area contributed by atoms with Crippen molar-refractivity contribution in [1.29, 1.82) is 0 Å². The molecule has 0 saturated carbocycles. The number of esters is 2. The highest BCUT2D eigenvalue weighted by atomic mass is 19.1. The molecule has 1 amide bonds. The third-order valence-electron chi connectivity index (χ3n) is 3.92. The molecule has 0 bridgehead atoms. The van der Waals surface area contributed by atoms with Gasteiger partial charge in [-0.25, -0.2) is 4.39 Å². The van der Waals surface area contributed by atoms with Crippen molar-refractivity contribution < 1.29 is 28.2 Å². The zero-order valence-electron chi connectivity index (χ0n) is 15.8. The number of nitrogens with one attached hydrogen (secondary N) is 1. The Labute approximate surface area is 168 Å². The standard InChI is InChI=1S/C21H23FN2O5/c22-20(17(23)11-18(25)28-13-15-7-3-1-4-8-15)21(27)24-12-19(26)29-14-16-9-5-2-6-10-16/h1-10,17,20H,11-14,23H2,(H,24,27). The highest BCUT2D eigenvalue weighted by molar-refractivity contribution is 5.86. The molecule has 0 radical (unpaired) electrons. The van der Waals surface area contributed by atoms with Gasteiger partial charge in [0.15, 0.2) is 6.17 Å². The number of benzene rings is 2. The summed E-state index contributed by atoms with van der Waals surface area (Å²) < 4.78 is 24.1. The van der Waals surface area contributed by atoms with Gasteiger partial charge in [-0.3, -0.25) is 14.4 Å². The Balaban J connectivity index is 1.67. The predicted octanol–water partition coefficient (Wildman–Crippen LogP) is 1.64. The van der Waals surface area contributed by atoms with Crippen LogP contribution in [0, 0.1) is 0 Å². The molecule has 2 aromatic rings. The maximum absolute atomic E-state index is 14.1. The van der Waals surface area contributed by atoms with Crippen LogP contribution in [0.5, 0.6) is 0 Å². The number of hydrogen-bond acceptors (Lipinski definition) is 6. The largest absolute Gasteiger partial charge is 0.461 e. The number of carbonyl (C=O) groups is 3. The number of alkyl halides is 1. The molecule has 2 aromatic carbocycles. The molecule has 0 aromatic heterocycles. The van der Waals surface area contributed by atoms with Crippen LogP contribution in [0.2, 0.25) is 0 Å². The van der Waals surface area contributed by atoms with Gasteiger partial charge in [0.2, 0.25) is 0 Å². The van der Waals surface area contributed by atoms with Crippen molar-refractivity contribution in [3.8, 4) is 0 Å². The summed E-state index contributed by atoms with van der Waals surface area (Å²) in [5, 5.41) is 2.11. The van der Waals surface area contributed by atoms with E-state index in [0.717, 1.165) is 11.1 Å². The summed E-state index contributed by atoms with van der Waals surface area (Å²) in [6.45, 7) is -0.429. The molecule has 0 saturated heterocycles. The van der Waals surface area contributed by atoms with Crippen LogP contribution < -0.4 is 11.1 Å². The fourth-order valence-corrected chi connectivity index (χ4v) is 2.33. The Bertz CT molecular complexity index is 801. The minimum Gasteiger partial charge on any atom is -0.461 e. The molecule has 2 rings (SSSR count). The van der Waals surface area contributed by atoms with Crippen LogP contribution in [0.3, 0.4) is 0 Å². The molecule has 0 fully saturated rings. The predicted molar refractivity (Wildman–Crippen MR) is 103 cm³/mol. The lowest BCUT2D eigenvalue weighted by atomic mass is 10.1. The molecule has 0 aliphatic carbocycles. The Morgan fingerprint density at radius 1 is 0.862 bits per heavy atom. The Morgan fingerprint density at radius 3 is 1.86 bits per heavy atom. The smallest absolute Gasteiger partial charge is 0.325 e. The SMILES string of the molecule is NC(CC(=O)OCc1ccccc1)C(F)C(=O)NCC(=O)OCc1ccccc1. The van der Waals surface area contributed by atoms with Crippen molar-refractivity contribution in [2.45, 2.75) is 31.8 Å². The number of rotatable bonds is 10. The van der Waals surface area contributed by atoms with Gasteiger partial charge in [-0.2, -0.15) is 0 Å². The van der Waals surface area contributed by atoms with E-state index in [-0.39, 0.29) is 13.2 Å². The van der Waals surface area contributed by atoms with Gasteiger partial charge in [-0.05, 0) is 11.1 Å². The molecule has 0 aliphatic heterocycles. The molecule has 3 N–H and O–H groups in total. The number of carbonyl (C=O) groups excluding carboxylic acids is 3. The van der Waals surface area contributed by atoms with E-state index in [4.69, 9.17) is 15.2 Å². The minimum atomic E-state index is -2.17. The summed E-state index contributed by atoms with van der Waals surface area (Å²) in [6.07, 6.45) is -2.64. The lowest BCUT2D eigenvalue weighted by Gasteiger charge is -2.16. The minimum absolute atomic E-state index is 0.0306. The second kappa shape index (κ2) is 11.6. The highest BCUT2D eigenvalue weighted by Gasteiger charge is 2.28. The van der Waals surface area contributed by atoms with Gasteiger partial charge in [-0.15, -0.1) is 0 Å². The third-order valence-corrected chi connectivity index (χ3v) is 3.92. The quantitative estimate of drug-likeness (QED) is 0.585. The Morgan fingerprint density at radius 2 is 1.34 bits per heavy atom. The first-order valence-electron chi connectivity index (χ1n) is 9.02. The fraction of sp³-hybridized carbons (Fsp3) is 0.286. The fourth-order valence-electron chi connectivity index (χ4n) is 2.33. The van der Waals surface area contributed by atoms with Crippen molar-refractivity contribution in [3.05, 3.63) is 71.8 Å². The first kappa shape index (κ1) is 22.0.